The molecule has 0 atom stereocenters. The summed E-state index contributed by atoms with van der Waals surface area (Å²) in [5.74, 6) is 2.30. The van der Waals surface area contributed by atoms with Crippen LogP contribution in [-0.2, 0) is 13.1 Å². The third-order valence-electron chi connectivity index (χ3n) is 4.04. The molecule has 0 saturated heterocycles. The van der Waals surface area contributed by atoms with Gasteiger partial charge in [0.2, 0.25) is 5.78 Å². The van der Waals surface area contributed by atoms with E-state index in [0.717, 1.165) is 28.5 Å². The fourth-order valence-electron chi connectivity index (χ4n) is 2.80. The van der Waals surface area contributed by atoms with Gasteiger partial charge in [-0.1, -0.05) is 0 Å². The van der Waals surface area contributed by atoms with Crippen LogP contribution in [0.3, 0.4) is 0 Å². The van der Waals surface area contributed by atoms with Gasteiger partial charge in [0.15, 0.2) is 0 Å². The van der Waals surface area contributed by atoms with Crippen LogP contribution >= 0.6 is 0 Å². The van der Waals surface area contributed by atoms with Gasteiger partial charge in [-0.05, 0) is 19.1 Å². The normalized spacial score (nSPS) is 11.3. The van der Waals surface area contributed by atoms with Crippen LogP contribution in [0.15, 0.2) is 47.5 Å². The number of imidazole rings is 1. The van der Waals surface area contributed by atoms with Crippen molar-refractivity contribution in [2.75, 3.05) is 11.9 Å². The van der Waals surface area contributed by atoms with Crippen LogP contribution in [0, 0.1) is 6.92 Å². The molecule has 0 spiro atoms. The summed E-state index contributed by atoms with van der Waals surface area (Å²) >= 11 is 0. The second kappa shape index (κ2) is 6.40. The Morgan fingerprint density at radius 2 is 2.24 bits per heavy atom. The molecule has 0 aliphatic rings. The highest BCUT2D eigenvalue weighted by atomic mass is 16.3. The van der Waals surface area contributed by atoms with Crippen molar-refractivity contribution in [1.29, 1.82) is 0 Å². The third kappa shape index (κ3) is 2.87. The first-order valence-corrected chi connectivity index (χ1v) is 8.00. The zero-order chi connectivity index (χ0) is 17.2. The highest BCUT2D eigenvalue weighted by molar-refractivity contribution is 5.64. The maximum Gasteiger partial charge on any atom is 0.233 e. The average molecular weight is 338 g/mol. The lowest BCUT2D eigenvalue weighted by molar-refractivity contribution is 0.270. The molecule has 4 rings (SSSR count). The number of aryl methyl sites for hydroxylation is 1. The van der Waals surface area contributed by atoms with E-state index in [1.54, 1.807) is 23.3 Å². The number of furan rings is 1. The minimum atomic E-state index is 0.0136. The predicted octanol–water partition coefficient (Wildman–Crippen LogP) is 2.10. The number of aliphatic hydroxyl groups is 1. The summed E-state index contributed by atoms with van der Waals surface area (Å²) in [5, 5.41) is 17.2. The van der Waals surface area contributed by atoms with E-state index in [1.807, 2.05) is 35.7 Å². The van der Waals surface area contributed by atoms with Crippen molar-refractivity contribution in [3.8, 4) is 11.3 Å². The number of hydrogen-bond acceptors (Lipinski definition) is 6. The molecule has 2 N–H and O–H groups in total. The predicted molar refractivity (Wildman–Crippen MR) is 92.1 cm³/mol. The Labute approximate surface area is 143 Å². The number of aliphatic hydroxyl groups excluding tert-OH is 1. The highest BCUT2D eigenvalue weighted by Crippen LogP contribution is 2.26. The number of anilines is 1. The van der Waals surface area contributed by atoms with Crippen molar-refractivity contribution in [2.24, 2.45) is 0 Å². The minimum Gasteiger partial charge on any atom is -0.469 e. The summed E-state index contributed by atoms with van der Waals surface area (Å²) < 4.78 is 9.04. The highest BCUT2D eigenvalue weighted by Gasteiger charge is 2.13. The Bertz CT molecular complexity index is 1000. The smallest absolute Gasteiger partial charge is 0.233 e. The van der Waals surface area contributed by atoms with E-state index in [4.69, 9.17) is 4.42 Å². The molecule has 0 bridgehead atoms. The van der Waals surface area contributed by atoms with Crippen LogP contribution < -0.4 is 5.32 Å². The molecule has 8 heteroatoms. The molecule has 8 nitrogen and oxygen atoms in total. The molecule has 0 aliphatic carbocycles. The first-order chi connectivity index (χ1) is 12.3. The number of nitrogens with one attached hydrogen (secondary N) is 1. The molecular formula is C17H18N6O2. The van der Waals surface area contributed by atoms with Gasteiger partial charge in [-0.2, -0.15) is 5.10 Å². The zero-order valence-corrected chi connectivity index (χ0v) is 13.8. The SMILES string of the molecule is Cc1occc1-c1cc(NCc2cnc3ncccn23)n(CCO)n1. The molecule has 0 unspecified atom stereocenters. The minimum absolute atomic E-state index is 0.0136. The van der Waals surface area contributed by atoms with Crippen LogP contribution in [-0.4, -0.2) is 35.9 Å². The van der Waals surface area contributed by atoms with Crippen molar-refractivity contribution < 1.29 is 9.52 Å². The Morgan fingerprint density at radius 1 is 1.32 bits per heavy atom. The van der Waals surface area contributed by atoms with Gasteiger partial charge in [-0.25, -0.2) is 14.6 Å². The lowest BCUT2D eigenvalue weighted by Gasteiger charge is -2.08. The number of rotatable bonds is 6. The van der Waals surface area contributed by atoms with Crippen LogP contribution in [0.25, 0.3) is 17.0 Å². The Kier molecular flexibility index (Phi) is 3.95. The largest absolute Gasteiger partial charge is 0.469 e. The molecule has 0 aliphatic heterocycles. The first-order valence-electron chi connectivity index (χ1n) is 8.00. The molecule has 0 fully saturated rings. The van der Waals surface area contributed by atoms with E-state index in [0.29, 0.717) is 18.9 Å². The van der Waals surface area contributed by atoms with Crippen molar-refractivity contribution in [3.63, 3.8) is 0 Å². The van der Waals surface area contributed by atoms with Gasteiger partial charge in [-0.3, -0.25) is 4.40 Å². The molecule has 128 valence electrons. The molecule has 0 aromatic carbocycles. The van der Waals surface area contributed by atoms with Crippen molar-refractivity contribution in [2.45, 2.75) is 20.0 Å². The standard InChI is InChI=1S/C17H18N6O2/c1-12-14(3-8-25-12)15-9-16(23(21-15)6-7-24)19-10-13-11-20-17-18-4-2-5-22(13)17/h2-5,8-9,11,19,24H,6-7,10H2,1H3. The van der Waals surface area contributed by atoms with Crippen LogP contribution in [0.1, 0.15) is 11.5 Å². The van der Waals surface area contributed by atoms with Crippen LogP contribution in [0.2, 0.25) is 0 Å². The molecule has 0 amide bonds. The maximum atomic E-state index is 9.30. The fourth-order valence-corrected chi connectivity index (χ4v) is 2.80. The first kappa shape index (κ1) is 15.4. The maximum absolute atomic E-state index is 9.30. The second-order valence-electron chi connectivity index (χ2n) is 5.64. The third-order valence-corrected chi connectivity index (χ3v) is 4.04. The molecule has 4 aromatic rings. The Hall–Kier alpha value is -3.13. The van der Waals surface area contributed by atoms with Gasteiger partial charge in [0.05, 0.1) is 43.5 Å². The summed E-state index contributed by atoms with van der Waals surface area (Å²) in [6, 6.07) is 5.71. The van der Waals surface area contributed by atoms with Crippen molar-refractivity contribution in [3.05, 3.63) is 54.5 Å². The van der Waals surface area contributed by atoms with Gasteiger partial charge >= 0.3 is 0 Å². The van der Waals surface area contributed by atoms with E-state index >= 15 is 0 Å². The molecule has 25 heavy (non-hydrogen) atoms. The lowest BCUT2D eigenvalue weighted by Crippen LogP contribution is -2.11. The summed E-state index contributed by atoms with van der Waals surface area (Å²) in [6.07, 6.45) is 7.09. The second-order valence-corrected chi connectivity index (χ2v) is 5.64. The molecular weight excluding hydrogens is 320 g/mol. The number of hydrogen-bond donors (Lipinski definition) is 2. The van der Waals surface area contributed by atoms with Gasteiger partial charge in [-0.15, -0.1) is 0 Å². The number of fused-ring (bicyclic) bond motifs is 1. The van der Waals surface area contributed by atoms with Crippen molar-refractivity contribution >= 4 is 11.6 Å². The van der Waals surface area contributed by atoms with E-state index in [2.05, 4.69) is 20.4 Å². The summed E-state index contributed by atoms with van der Waals surface area (Å²) in [7, 11) is 0. The summed E-state index contributed by atoms with van der Waals surface area (Å²) in [5.41, 5.74) is 2.74. The van der Waals surface area contributed by atoms with Crippen LogP contribution in [0.5, 0.6) is 0 Å². The monoisotopic (exact) mass is 338 g/mol. The van der Waals surface area contributed by atoms with Gasteiger partial charge in [0, 0.05) is 24.0 Å². The zero-order valence-electron chi connectivity index (χ0n) is 13.8. The number of nitrogens with zero attached hydrogens (tertiary/aromatic N) is 5. The van der Waals surface area contributed by atoms with Gasteiger partial charge in [0.25, 0.3) is 0 Å². The molecule has 4 aromatic heterocycles. The number of aromatic nitrogens is 5. The van der Waals surface area contributed by atoms with Gasteiger partial charge in [0.1, 0.15) is 11.6 Å². The summed E-state index contributed by atoms with van der Waals surface area (Å²) in [6.45, 7) is 2.89. The van der Waals surface area contributed by atoms with E-state index < -0.39 is 0 Å². The van der Waals surface area contributed by atoms with E-state index in [1.165, 1.54) is 0 Å². The molecule has 0 radical (unpaired) electrons. The average Bonchev–Trinajstić information content (AvgIpc) is 3.32. The topological polar surface area (TPSA) is 93.4 Å². The molecule has 0 saturated carbocycles. The van der Waals surface area contributed by atoms with E-state index in [-0.39, 0.29) is 6.61 Å². The fraction of sp³-hybridized carbons (Fsp3) is 0.235. The Morgan fingerprint density at radius 3 is 3.04 bits per heavy atom. The quantitative estimate of drug-likeness (QED) is 0.559. The van der Waals surface area contributed by atoms with Gasteiger partial charge < -0.3 is 14.8 Å². The summed E-state index contributed by atoms with van der Waals surface area (Å²) in [4.78, 5) is 8.50. The molecule has 4 heterocycles. The van der Waals surface area contributed by atoms with E-state index in [9.17, 15) is 5.11 Å². The lowest BCUT2D eigenvalue weighted by atomic mass is 10.2. The van der Waals surface area contributed by atoms with Crippen LogP contribution in [0.4, 0.5) is 5.82 Å². The van der Waals surface area contributed by atoms with Crippen molar-refractivity contribution in [1.82, 2.24) is 24.1 Å². The Balaban J connectivity index is 1.61.